The molecule has 6 nitrogen and oxygen atoms in total. The topological polar surface area (TPSA) is 59.4 Å². The van der Waals surface area contributed by atoms with Crippen molar-refractivity contribution in [2.75, 3.05) is 32.8 Å². The molecule has 4 rings (SSSR count). The minimum atomic E-state index is -0.268. The highest BCUT2D eigenvalue weighted by Crippen LogP contribution is 2.22. The first-order valence-electron chi connectivity index (χ1n) is 9.66. The summed E-state index contributed by atoms with van der Waals surface area (Å²) in [7, 11) is 0. The van der Waals surface area contributed by atoms with Crippen molar-refractivity contribution in [2.24, 2.45) is 0 Å². The van der Waals surface area contributed by atoms with Crippen molar-refractivity contribution >= 4 is 5.91 Å². The van der Waals surface area contributed by atoms with Crippen LogP contribution in [0.3, 0.4) is 0 Å². The summed E-state index contributed by atoms with van der Waals surface area (Å²) in [5.41, 5.74) is 2.45. The lowest BCUT2D eigenvalue weighted by atomic mass is 10.0. The zero-order valence-electron chi connectivity index (χ0n) is 16.0. The first-order valence-corrected chi connectivity index (χ1v) is 9.66. The molecule has 0 saturated carbocycles. The fourth-order valence-corrected chi connectivity index (χ4v) is 3.51. The highest BCUT2D eigenvalue weighted by Gasteiger charge is 2.23. The van der Waals surface area contributed by atoms with Crippen LogP contribution >= 0.6 is 0 Å². The molecule has 1 amide bonds. The molecule has 29 heavy (non-hydrogen) atoms. The van der Waals surface area contributed by atoms with Crippen molar-refractivity contribution < 1.29 is 13.9 Å². The molecule has 2 aromatic carbocycles. The van der Waals surface area contributed by atoms with Gasteiger partial charge in [0, 0.05) is 37.6 Å². The van der Waals surface area contributed by atoms with Crippen LogP contribution < -0.4 is 5.32 Å². The van der Waals surface area contributed by atoms with Crippen LogP contribution in [0.2, 0.25) is 0 Å². The second-order valence-electron chi connectivity index (χ2n) is 6.92. The predicted molar refractivity (Wildman–Crippen MR) is 107 cm³/mol. The van der Waals surface area contributed by atoms with E-state index in [0.29, 0.717) is 25.3 Å². The maximum atomic E-state index is 13.4. The Balaban J connectivity index is 1.44. The SMILES string of the molecule is O=C(NCC(c1ccc(F)cc1)N1CCOCC1)c1ccc(-n2cccn2)cc1. The minimum Gasteiger partial charge on any atom is -0.379 e. The monoisotopic (exact) mass is 394 g/mol. The average molecular weight is 394 g/mol. The van der Waals surface area contributed by atoms with Gasteiger partial charge in [-0.1, -0.05) is 12.1 Å². The lowest BCUT2D eigenvalue weighted by Crippen LogP contribution is -2.43. The molecule has 1 aromatic heterocycles. The van der Waals surface area contributed by atoms with E-state index in [0.717, 1.165) is 24.3 Å². The third-order valence-electron chi connectivity index (χ3n) is 5.10. The summed E-state index contributed by atoms with van der Waals surface area (Å²) in [6.07, 6.45) is 3.56. The van der Waals surface area contributed by atoms with Gasteiger partial charge in [-0.3, -0.25) is 9.69 Å². The Kier molecular flexibility index (Phi) is 5.97. The van der Waals surface area contributed by atoms with Crippen LogP contribution in [0.5, 0.6) is 0 Å². The Labute approximate surface area is 168 Å². The molecule has 0 aliphatic carbocycles. The van der Waals surface area contributed by atoms with E-state index < -0.39 is 0 Å². The number of rotatable bonds is 6. The zero-order chi connectivity index (χ0) is 20.1. The van der Waals surface area contributed by atoms with Crippen molar-refractivity contribution in [3.63, 3.8) is 0 Å². The van der Waals surface area contributed by atoms with Crippen LogP contribution in [0.15, 0.2) is 67.0 Å². The van der Waals surface area contributed by atoms with Gasteiger partial charge in [0.05, 0.1) is 24.9 Å². The Bertz CT molecular complexity index is 920. The predicted octanol–water partition coefficient (Wildman–Crippen LogP) is 2.81. The number of hydrogen-bond acceptors (Lipinski definition) is 4. The van der Waals surface area contributed by atoms with E-state index >= 15 is 0 Å². The normalized spacial score (nSPS) is 15.8. The highest BCUT2D eigenvalue weighted by atomic mass is 19.1. The van der Waals surface area contributed by atoms with E-state index in [1.165, 1.54) is 12.1 Å². The molecule has 7 heteroatoms. The number of ether oxygens (including phenoxy) is 1. The van der Waals surface area contributed by atoms with E-state index in [1.807, 2.05) is 24.4 Å². The summed E-state index contributed by atoms with van der Waals surface area (Å²) in [5, 5.41) is 7.21. The molecule has 1 aliphatic rings. The molecule has 0 radical (unpaired) electrons. The quantitative estimate of drug-likeness (QED) is 0.699. The zero-order valence-corrected chi connectivity index (χ0v) is 16.0. The number of carbonyl (C=O) groups is 1. The third kappa shape index (κ3) is 4.70. The first-order chi connectivity index (χ1) is 14.2. The Morgan fingerprint density at radius 1 is 1.10 bits per heavy atom. The molecule has 1 fully saturated rings. The van der Waals surface area contributed by atoms with Crippen LogP contribution in [0.1, 0.15) is 22.0 Å². The molecule has 1 atom stereocenters. The van der Waals surface area contributed by atoms with Crippen molar-refractivity contribution in [2.45, 2.75) is 6.04 Å². The van der Waals surface area contributed by atoms with Gasteiger partial charge in [0.2, 0.25) is 0 Å². The van der Waals surface area contributed by atoms with Crippen molar-refractivity contribution in [1.29, 1.82) is 0 Å². The van der Waals surface area contributed by atoms with E-state index in [-0.39, 0.29) is 17.8 Å². The number of halogens is 1. The van der Waals surface area contributed by atoms with Gasteiger partial charge in [0.1, 0.15) is 5.82 Å². The van der Waals surface area contributed by atoms with E-state index in [1.54, 1.807) is 35.1 Å². The van der Waals surface area contributed by atoms with E-state index in [9.17, 15) is 9.18 Å². The number of hydrogen-bond donors (Lipinski definition) is 1. The summed E-state index contributed by atoms with van der Waals surface area (Å²) >= 11 is 0. The molecule has 150 valence electrons. The van der Waals surface area contributed by atoms with Crippen LogP contribution in [-0.4, -0.2) is 53.4 Å². The van der Waals surface area contributed by atoms with E-state index in [4.69, 9.17) is 4.74 Å². The third-order valence-corrected chi connectivity index (χ3v) is 5.10. The summed E-state index contributed by atoms with van der Waals surface area (Å²) < 4.78 is 20.5. The number of nitrogens with zero attached hydrogens (tertiary/aromatic N) is 3. The molecule has 0 bridgehead atoms. The molecular weight excluding hydrogens is 371 g/mol. The van der Waals surface area contributed by atoms with Gasteiger partial charge in [0.25, 0.3) is 5.91 Å². The van der Waals surface area contributed by atoms with Crippen LogP contribution in [0.25, 0.3) is 5.69 Å². The van der Waals surface area contributed by atoms with Crippen molar-refractivity contribution in [3.8, 4) is 5.69 Å². The number of aromatic nitrogens is 2. The fourth-order valence-electron chi connectivity index (χ4n) is 3.51. The molecular formula is C22H23FN4O2. The Morgan fingerprint density at radius 2 is 1.83 bits per heavy atom. The van der Waals surface area contributed by atoms with Gasteiger partial charge in [-0.2, -0.15) is 5.10 Å². The summed E-state index contributed by atoms with van der Waals surface area (Å²) in [6, 6.07) is 15.6. The molecule has 2 heterocycles. The lowest BCUT2D eigenvalue weighted by molar-refractivity contribution is 0.0162. The molecule has 1 unspecified atom stereocenters. The number of carbonyl (C=O) groups excluding carboxylic acids is 1. The van der Waals surface area contributed by atoms with E-state index in [2.05, 4.69) is 15.3 Å². The Morgan fingerprint density at radius 3 is 2.48 bits per heavy atom. The number of morpholine rings is 1. The smallest absolute Gasteiger partial charge is 0.251 e. The second-order valence-corrected chi connectivity index (χ2v) is 6.92. The molecule has 1 saturated heterocycles. The summed E-state index contributed by atoms with van der Waals surface area (Å²) in [6.45, 7) is 3.29. The van der Waals surface area contributed by atoms with Gasteiger partial charge in [-0.15, -0.1) is 0 Å². The lowest BCUT2D eigenvalue weighted by Gasteiger charge is -2.35. The molecule has 1 N–H and O–H groups in total. The molecule has 0 spiro atoms. The second kappa shape index (κ2) is 8.98. The van der Waals surface area contributed by atoms with Crippen molar-refractivity contribution in [1.82, 2.24) is 20.0 Å². The number of amides is 1. The minimum absolute atomic E-state index is 0.0354. The van der Waals surface area contributed by atoms with Crippen LogP contribution in [0, 0.1) is 5.82 Å². The number of benzene rings is 2. The van der Waals surface area contributed by atoms with Crippen LogP contribution in [-0.2, 0) is 4.74 Å². The van der Waals surface area contributed by atoms with Gasteiger partial charge in [-0.25, -0.2) is 9.07 Å². The van der Waals surface area contributed by atoms with Gasteiger partial charge < -0.3 is 10.1 Å². The summed E-state index contributed by atoms with van der Waals surface area (Å²) in [4.78, 5) is 14.9. The summed E-state index contributed by atoms with van der Waals surface area (Å²) in [5.74, 6) is -0.409. The van der Waals surface area contributed by atoms with Gasteiger partial charge in [-0.05, 0) is 48.0 Å². The maximum absolute atomic E-state index is 13.4. The first kappa shape index (κ1) is 19.3. The van der Waals surface area contributed by atoms with Gasteiger partial charge >= 0.3 is 0 Å². The average Bonchev–Trinajstić information content (AvgIpc) is 3.31. The largest absolute Gasteiger partial charge is 0.379 e. The van der Waals surface area contributed by atoms with Gasteiger partial charge in [0.15, 0.2) is 0 Å². The van der Waals surface area contributed by atoms with Crippen molar-refractivity contribution in [3.05, 3.63) is 83.9 Å². The Hall–Kier alpha value is -3.03. The maximum Gasteiger partial charge on any atom is 0.251 e. The molecule has 1 aliphatic heterocycles. The standard InChI is InChI=1S/C22H23FN4O2/c23-19-6-2-17(3-7-19)21(26-12-14-29-15-13-26)16-24-22(28)18-4-8-20(9-5-18)27-11-1-10-25-27/h1-11,21H,12-16H2,(H,24,28). The fraction of sp³-hybridized carbons (Fsp3) is 0.273. The number of nitrogens with one attached hydrogen (secondary N) is 1. The van der Waals surface area contributed by atoms with Crippen LogP contribution in [0.4, 0.5) is 4.39 Å². The highest BCUT2D eigenvalue weighted by molar-refractivity contribution is 5.94. The molecule has 3 aromatic rings.